The fourth-order valence-electron chi connectivity index (χ4n) is 3.90. The van der Waals surface area contributed by atoms with Crippen LogP contribution < -0.4 is 16.6 Å². The standard InChI is InChI=1S/C22H20N4O7/c1-4-32-21(28)16-15(13-10-11-14(33-13)26(30)31)17-19(24(2)22(29)25(3)20(17)27)23-18(16)12-8-6-5-7-9-12/h5-11,15,23H,4H2,1-3H3. The van der Waals surface area contributed by atoms with E-state index in [1.54, 1.807) is 37.3 Å². The largest absolute Gasteiger partial charge is 0.463 e. The number of carbonyl (C=O) groups excluding carboxylic acids is 1. The number of rotatable bonds is 5. The van der Waals surface area contributed by atoms with E-state index in [2.05, 4.69) is 5.32 Å². The Labute approximate surface area is 186 Å². The molecule has 0 fully saturated rings. The van der Waals surface area contributed by atoms with Crippen molar-refractivity contribution in [2.24, 2.45) is 14.1 Å². The summed E-state index contributed by atoms with van der Waals surface area (Å²) in [7, 11) is 2.79. The van der Waals surface area contributed by atoms with Gasteiger partial charge in [0.2, 0.25) is 0 Å². The van der Waals surface area contributed by atoms with Gasteiger partial charge in [-0.05, 0) is 18.6 Å². The predicted molar refractivity (Wildman–Crippen MR) is 118 cm³/mol. The van der Waals surface area contributed by atoms with Gasteiger partial charge in [-0.15, -0.1) is 0 Å². The summed E-state index contributed by atoms with van der Waals surface area (Å²) >= 11 is 0. The summed E-state index contributed by atoms with van der Waals surface area (Å²) in [6.07, 6.45) is 0. The van der Waals surface area contributed by atoms with Gasteiger partial charge < -0.3 is 14.5 Å². The minimum atomic E-state index is -1.16. The molecule has 3 heterocycles. The predicted octanol–water partition coefficient (Wildman–Crippen LogP) is 2.12. The van der Waals surface area contributed by atoms with Crippen LogP contribution in [-0.4, -0.2) is 26.6 Å². The summed E-state index contributed by atoms with van der Waals surface area (Å²) in [6, 6.07) is 11.3. The topological polar surface area (TPSA) is 139 Å². The Bertz CT molecular complexity index is 1410. The second-order valence-electron chi connectivity index (χ2n) is 7.33. The van der Waals surface area contributed by atoms with Crippen molar-refractivity contribution in [1.29, 1.82) is 0 Å². The summed E-state index contributed by atoms with van der Waals surface area (Å²) in [5.74, 6) is -2.28. The summed E-state index contributed by atoms with van der Waals surface area (Å²) in [6.45, 7) is 1.70. The maximum atomic E-state index is 13.2. The highest BCUT2D eigenvalue weighted by molar-refractivity contribution is 6.04. The molecule has 3 aromatic rings. The van der Waals surface area contributed by atoms with Crippen molar-refractivity contribution in [2.45, 2.75) is 12.8 Å². The number of esters is 1. The van der Waals surface area contributed by atoms with Gasteiger partial charge >= 0.3 is 17.5 Å². The van der Waals surface area contributed by atoms with Gasteiger partial charge in [0, 0.05) is 14.1 Å². The number of nitrogens with zero attached hydrogens (tertiary/aromatic N) is 3. The highest BCUT2D eigenvalue weighted by atomic mass is 16.6. The Morgan fingerprint density at radius 3 is 2.45 bits per heavy atom. The molecule has 11 nitrogen and oxygen atoms in total. The monoisotopic (exact) mass is 452 g/mol. The number of furan rings is 1. The lowest BCUT2D eigenvalue weighted by Gasteiger charge is -2.30. The number of ether oxygens (including phenoxy) is 1. The van der Waals surface area contributed by atoms with Gasteiger partial charge in [-0.1, -0.05) is 30.3 Å². The molecule has 2 aromatic heterocycles. The third kappa shape index (κ3) is 3.53. The van der Waals surface area contributed by atoms with Gasteiger partial charge in [0.15, 0.2) is 0 Å². The van der Waals surface area contributed by atoms with Crippen LogP contribution >= 0.6 is 0 Å². The first-order chi connectivity index (χ1) is 15.8. The average molecular weight is 452 g/mol. The average Bonchev–Trinajstić information content (AvgIpc) is 3.31. The second-order valence-corrected chi connectivity index (χ2v) is 7.33. The van der Waals surface area contributed by atoms with Crippen LogP contribution in [0, 0.1) is 10.1 Å². The molecule has 0 radical (unpaired) electrons. The third-order valence-corrected chi connectivity index (χ3v) is 5.42. The first-order valence-corrected chi connectivity index (χ1v) is 10.0. The maximum absolute atomic E-state index is 13.2. The van der Waals surface area contributed by atoms with E-state index in [0.717, 1.165) is 10.6 Å². The van der Waals surface area contributed by atoms with Crippen molar-refractivity contribution in [2.75, 3.05) is 11.9 Å². The Morgan fingerprint density at radius 1 is 1.15 bits per heavy atom. The van der Waals surface area contributed by atoms with Gasteiger partial charge in [-0.25, -0.2) is 9.59 Å². The molecule has 1 aliphatic rings. The zero-order valence-corrected chi connectivity index (χ0v) is 18.0. The van der Waals surface area contributed by atoms with Gasteiger partial charge in [0.25, 0.3) is 5.56 Å². The van der Waals surface area contributed by atoms with Gasteiger partial charge in [-0.3, -0.25) is 24.0 Å². The molecule has 170 valence electrons. The Balaban J connectivity index is 2.12. The normalized spacial score (nSPS) is 15.1. The van der Waals surface area contributed by atoms with Crippen LogP contribution in [0.15, 0.2) is 62.0 Å². The van der Waals surface area contributed by atoms with Gasteiger partial charge in [-0.2, -0.15) is 0 Å². The SMILES string of the molecule is CCOC(=O)C1=C(c2ccccc2)Nc2c(c(=O)n(C)c(=O)n2C)C1c1ccc([N+](=O)[O-])o1. The van der Waals surface area contributed by atoms with Crippen molar-refractivity contribution in [3.63, 3.8) is 0 Å². The van der Waals surface area contributed by atoms with Gasteiger partial charge in [0.05, 0.1) is 35.4 Å². The lowest BCUT2D eigenvalue weighted by molar-refractivity contribution is -0.402. The summed E-state index contributed by atoms with van der Waals surface area (Å²) in [5, 5.41) is 14.3. The van der Waals surface area contributed by atoms with Crippen molar-refractivity contribution in [3.8, 4) is 0 Å². The molecular formula is C22H20N4O7. The lowest BCUT2D eigenvalue weighted by atomic mass is 9.84. The molecule has 1 aromatic carbocycles. The molecule has 1 unspecified atom stereocenters. The number of nitrogens with one attached hydrogen (secondary N) is 1. The zero-order chi connectivity index (χ0) is 23.9. The van der Waals surface area contributed by atoms with E-state index < -0.39 is 33.9 Å². The van der Waals surface area contributed by atoms with Crippen LogP contribution in [0.4, 0.5) is 11.7 Å². The number of hydrogen-bond donors (Lipinski definition) is 1. The van der Waals surface area contributed by atoms with Crippen molar-refractivity contribution in [1.82, 2.24) is 9.13 Å². The first kappa shape index (κ1) is 21.8. The Morgan fingerprint density at radius 2 is 1.85 bits per heavy atom. The molecule has 4 rings (SSSR count). The molecule has 0 spiro atoms. The minimum absolute atomic E-state index is 0.00307. The first-order valence-electron chi connectivity index (χ1n) is 10.0. The molecule has 0 bridgehead atoms. The molecule has 0 saturated carbocycles. The fraction of sp³-hybridized carbons (Fsp3) is 0.227. The summed E-state index contributed by atoms with van der Waals surface area (Å²) < 4.78 is 12.9. The number of hydrogen-bond acceptors (Lipinski definition) is 8. The number of carbonyl (C=O) groups is 1. The van der Waals surface area contributed by atoms with Crippen LogP contribution in [0.3, 0.4) is 0 Å². The third-order valence-electron chi connectivity index (χ3n) is 5.42. The van der Waals surface area contributed by atoms with Crippen molar-refractivity contribution in [3.05, 3.63) is 95.9 Å². The van der Waals surface area contributed by atoms with Crippen LogP contribution in [0.1, 0.15) is 29.7 Å². The van der Waals surface area contributed by atoms with E-state index in [1.165, 1.54) is 24.7 Å². The zero-order valence-electron chi connectivity index (χ0n) is 18.0. The highest BCUT2D eigenvalue weighted by Gasteiger charge is 2.41. The van der Waals surface area contributed by atoms with Crippen LogP contribution in [0.5, 0.6) is 0 Å². The molecule has 1 atom stereocenters. The number of anilines is 1. The maximum Gasteiger partial charge on any atom is 0.433 e. The fourth-order valence-corrected chi connectivity index (χ4v) is 3.90. The highest BCUT2D eigenvalue weighted by Crippen LogP contribution is 2.43. The van der Waals surface area contributed by atoms with E-state index in [4.69, 9.17) is 9.15 Å². The molecule has 33 heavy (non-hydrogen) atoms. The molecule has 0 saturated heterocycles. The van der Waals surface area contributed by atoms with Crippen LogP contribution in [-0.2, 0) is 23.6 Å². The molecule has 0 aliphatic carbocycles. The Kier molecular flexibility index (Phi) is 5.46. The quantitative estimate of drug-likeness (QED) is 0.353. The summed E-state index contributed by atoms with van der Waals surface area (Å²) in [5.41, 5.74) is -0.289. The molecule has 1 aliphatic heterocycles. The smallest absolute Gasteiger partial charge is 0.433 e. The summed E-state index contributed by atoms with van der Waals surface area (Å²) in [4.78, 5) is 49.6. The van der Waals surface area contributed by atoms with E-state index in [-0.39, 0.29) is 29.3 Å². The van der Waals surface area contributed by atoms with Crippen molar-refractivity contribution < 1.29 is 18.9 Å². The number of nitro groups is 1. The van der Waals surface area contributed by atoms with E-state index in [0.29, 0.717) is 11.3 Å². The van der Waals surface area contributed by atoms with E-state index in [1.807, 2.05) is 0 Å². The number of aromatic nitrogens is 2. The Hall–Kier alpha value is -4.41. The van der Waals surface area contributed by atoms with Crippen LogP contribution in [0.25, 0.3) is 5.70 Å². The number of benzene rings is 1. The molecule has 11 heteroatoms. The second kappa shape index (κ2) is 8.26. The number of fused-ring (bicyclic) bond motifs is 1. The minimum Gasteiger partial charge on any atom is -0.463 e. The molecule has 1 N–H and O–H groups in total. The van der Waals surface area contributed by atoms with E-state index >= 15 is 0 Å². The lowest BCUT2D eigenvalue weighted by Crippen LogP contribution is -2.43. The molecular weight excluding hydrogens is 432 g/mol. The van der Waals surface area contributed by atoms with Crippen molar-refractivity contribution >= 4 is 23.4 Å². The van der Waals surface area contributed by atoms with Gasteiger partial charge in [0.1, 0.15) is 16.5 Å². The van der Waals surface area contributed by atoms with E-state index in [9.17, 15) is 24.5 Å². The van der Waals surface area contributed by atoms with Crippen LogP contribution in [0.2, 0.25) is 0 Å². The molecule has 0 amide bonds.